The Balaban J connectivity index is 2.24. The minimum Gasteiger partial charge on any atom is -0.327 e. The smallest absolute Gasteiger partial charge is 0.270 e. The Kier molecular flexibility index (Phi) is 2.94. The van der Waals surface area contributed by atoms with Crippen LogP contribution in [0.2, 0.25) is 0 Å². The summed E-state index contributed by atoms with van der Waals surface area (Å²) in [4.78, 5) is 24.5. The molecular weight excluding hydrogens is 332 g/mol. The van der Waals surface area contributed by atoms with Crippen molar-refractivity contribution >= 4 is 32.6 Å². The van der Waals surface area contributed by atoms with Gasteiger partial charge < -0.3 is 5.32 Å². The van der Waals surface area contributed by atoms with Crippen LogP contribution in [0.15, 0.2) is 15.3 Å². The van der Waals surface area contributed by atoms with Crippen molar-refractivity contribution in [1.29, 1.82) is 0 Å². The first-order valence-electron chi connectivity index (χ1n) is 6.05. The molecule has 0 unspecified atom stereocenters. The second kappa shape index (κ2) is 4.28. The maximum atomic E-state index is 12.4. The monoisotopic (exact) mass is 344 g/mol. The van der Waals surface area contributed by atoms with Crippen molar-refractivity contribution < 1.29 is 9.00 Å². The molecule has 1 aromatic heterocycles. The van der Waals surface area contributed by atoms with Gasteiger partial charge in [-0.15, -0.1) is 0 Å². The van der Waals surface area contributed by atoms with Crippen LogP contribution in [0.25, 0.3) is 0 Å². The summed E-state index contributed by atoms with van der Waals surface area (Å²) in [6, 6.07) is 1.67. The molecule has 0 aromatic carbocycles. The summed E-state index contributed by atoms with van der Waals surface area (Å²) < 4.78 is 13.5. The highest BCUT2D eigenvalue weighted by atomic mass is 79.9. The predicted molar refractivity (Wildman–Crippen MR) is 75.7 cm³/mol. The number of pyridine rings is 1. The molecular formula is C12H13BrN2O3S. The van der Waals surface area contributed by atoms with Crippen molar-refractivity contribution in [3.8, 4) is 0 Å². The number of hydrogen-bond acceptors (Lipinski definition) is 3. The highest BCUT2D eigenvalue weighted by molar-refractivity contribution is 9.10. The number of amides is 1. The number of carbonyl (C=O) groups excluding carboxylic acids is 1. The number of nitrogens with zero attached hydrogens (tertiary/aromatic N) is 1. The van der Waals surface area contributed by atoms with Gasteiger partial charge in [-0.05, 0) is 34.5 Å². The Hall–Kier alpha value is -0.950. The Morgan fingerprint density at radius 3 is 2.63 bits per heavy atom. The van der Waals surface area contributed by atoms with Gasteiger partial charge in [0.15, 0.2) is 0 Å². The molecule has 3 rings (SSSR count). The van der Waals surface area contributed by atoms with Crippen LogP contribution < -0.4 is 10.9 Å². The van der Waals surface area contributed by atoms with Crippen LogP contribution in [0.1, 0.15) is 28.9 Å². The van der Waals surface area contributed by atoms with E-state index in [0.717, 1.165) is 5.56 Å². The zero-order valence-corrected chi connectivity index (χ0v) is 12.8. The van der Waals surface area contributed by atoms with Crippen molar-refractivity contribution in [3.63, 3.8) is 0 Å². The lowest BCUT2D eigenvalue weighted by atomic mass is 10.0. The number of aryl methyl sites for hydroxylation is 1. The minimum atomic E-state index is -0.846. The average molecular weight is 345 g/mol. The fraction of sp³-hybridized carbons (Fsp3) is 0.500. The number of nitrogens with one attached hydrogen (secondary N) is 1. The molecule has 0 radical (unpaired) electrons. The van der Waals surface area contributed by atoms with Crippen LogP contribution in [0.3, 0.4) is 0 Å². The molecule has 1 N–H and O–H groups in total. The number of halogens is 1. The van der Waals surface area contributed by atoms with Gasteiger partial charge in [0.25, 0.3) is 11.5 Å². The molecule has 1 spiro atoms. The number of aromatic nitrogens is 1. The second-order valence-electron chi connectivity index (χ2n) is 5.00. The number of hydrogen-bond donors (Lipinski definition) is 1. The molecule has 2 aliphatic rings. The van der Waals surface area contributed by atoms with Gasteiger partial charge in [0, 0.05) is 35.1 Å². The zero-order chi connectivity index (χ0) is 13.8. The standard InChI is InChI=1S/C12H13BrN2O3S/c1-7-6-8(13)11(17)15-9(7)10(16)14-12(15)2-4-19(18)5-3-12/h6H,2-5H2,1H3,(H,14,16). The first-order valence-corrected chi connectivity index (χ1v) is 8.33. The second-order valence-corrected chi connectivity index (χ2v) is 7.55. The summed E-state index contributed by atoms with van der Waals surface area (Å²) in [6.07, 6.45) is 1.07. The van der Waals surface area contributed by atoms with E-state index in [1.54, 1.807) is 10.6 Å². The topological polar surface area (TPSA) is 68.2 Å². The van der Waals surface area contributed by atoms with E-state index in [2.05, 4.69) is 21.2 Å². The van der Waals surface area contributed by atoms with E-state index in [1.807, 2.05) is 6.92 Å². The third kappa shape index (κ3) is 1.82. The molecule has 1 fully saturated rings. The van der Waals surface area contributed by atoms with E-state index in [-0.39, 0.29) is 11.5 Å². The lowest BCUT2D eigenvalue weighted by Gasteiger charge is -2.34. The van der Waals surface area contributed by atoms with Crippen molar-refractivity contribution in [1.82, 2.24) is 9.88 Å². The Morgan fingerprint density at radius 1 is 1.37 bits per heavy atom. The summed E-state index contributed by atoms with van der Waals surface area (Å²) >= 11 is 3.25. The molecule has 1 saturated heterocycles. The molecule has 2 aliphatic heterocycles. The quantitative estimate of drug-likeness (QED) is 0.758. The Morgan fingerprint density at radius 2 is 2.00 bits per heavy atom. The van der Waals surface area contributed by atoms with Gasteiger partial charge in [-0.2, -0.15) is 0 Å². The van der Waals surface area contributed by atoms with Gasteiger partial charge in [-0.25, -0.2) is 0 Å². The van der Waals surface area contributed by atoms with E-state index < -0.39 is 16.5 Å². The van der Waals surface area contributed by atoms with Gasteiger partial charge >= 0.3 is 0 Å². The summed E-state index contributed by atoms with van der Waals surface area (Å²) in [5.74, 6) is 0.810. The van der Waals surface area contributed by atoms with Gasteiger partial charge in [0.2, 0.25) is 0 Å². The van der Waals surface area contributed by atoms with Crippen molar-refractivity contribution in [2.75, 3.05) is 11.5 Å². The first-order chi connectivity index (χ1) is 8.94. The third-order valence-corrected chi connectivity index (χ3v) is 5.71. The Labute approximate surface area is 121 Å². The molecule has 5 nitrogen and oxygen atoms in total. The van der Waals surface area contributed by atoms with Crippen LogP contribution in [-0.4, -0.2) is 26.2 Å². The summed E-state index contributed by atoms with van der Waals surface area (Å²) in [5.41, 5.74) is 0.312. The van der Waals surface area contributed by atoms with Crippen LogP contribution >= 0.6 is 15.9 Å². The number of rotatable bonds is 0. The molecule has 7 heteroatoms. The summed E-state index contributed by atoms with van der Waals surface area (Å²) in [6.45, 7) is 1.82. The van der Waals surface area contributed by atoms with E-state index in [4.69, 9.17) is 0 Å². The highest BCUT2D eigenvalue weighted by Gasteiger charge is 2.46. The van der Waals surface area contributed by atoms with E-state index in [9.17, 15) is 13.8 Å². The maximum Gasteiger partial charge on any atom is 0.270 e. The van der Waals surface area contributed by atoms with Crippen LogP contribution in [0.5, 0.6) is 0 Å². The molecule has 0 atom stereocenters. The molecule has 0 saturated carbocycles. The van der Waals surface area contributed by atoms with E-state index in [1.165, 1.54) is 0 Å². The molecule has 1 aromatic rings. The van der Waals surface area contributed by atoms with Gasteiger partial charge in [0.1, 0.15) is 11.4 Å². The van der Waals surface area contributed by atoms with Crippen molar-refractivity contribution in [2.45, 2.75) is 25.4 Å². The molecule has 0 bridgehead atoms. The lowest BCUT2D eigenvalue weighted by molar-refractivity contribution is 0.0909. The van der Waals surface area contributed by atoms with Gasteiger partial charge in [-0.1, -0.05) is 0 Å². The number of carbonyl (C=O) groups is 1. The van der Waals surface area contributed by atoms with Crippen molar-refractivity contribution in [2.24, 2.45) is 0 Å². The van der Waals surface area contributed by atoms with Crippen LogP contribution in [-0.2, 0) is 16.5 Å². The fourth-order valence-electron chi connectivity index (χ4n) is 2.86. The van der Waals surface area contributed by atoms with Gasteiger partial charge in [-0.3, -0.25) is 18.4 Å². The van der Waals surface area contributed by atoms with Gasteiger partial charge in [0.05, 0.1) is 4.47 Å². The van der Waals surface area contributed by atoms with Crippen LogP contribution in [0.4, 0.5) is 0 Å². The predicted octanol–water partition coefficient (Wildman–Crippen LogP) is 0.858. The highest BCUT2D eigenvalue weighted by Crippen LogP contribution is 2.33. The van der Waals surface area contributed by atoms with Crippen molar-refractivity contribution in [3.05, 3.63) is 32.2 Å². The molecule has 3 heterocycles. The zero-order valence-electron chi connectivity index (χ0n) is 10.4. The molecule has 19 heavy (non-hydrogen) atoms. The largest absolute Gasteiger partial charge is 0.327 e. The third-order valence-electron chi connectivity index (χ3n) is 3.82. The average Bonchev–Trinajstić information content (AvgIpc) is 2.64. The summed E-state index contributed by atoms with van der Waals surface area (Å²) in [5, 5.41) is 2.93. The maximum absolute atomic E-state index is 12.4. The lowest BCUT2D eigenvalue weighted by Crippen LogP contribution is -2.51. The summed E-state index contributed by atoms with van der Waals surface area (Å²) in [7, 11) is -0.846. The molecule has 0 aliphatic carbocycles. The van der Waals surface area contributed by atoms with Crippen LogP contribution in [0, 0.1) is 6.92 Å². The normalized spacial score (nSPS) is 29.4. The molecule has 1 amide bonds. The first kappa shape index (κ1) is 13.1. The fourth-order valence-corrected chi connectivity index (χ4v) is 4.72. The minimum absolute atomic E-state index is 0.202. The SMILES string of the molecule is Cc1cc(Br)c(=O)n2c1C(=O)NC21CCS(=O)CC1. The van der Waals surface area contributed by atoms with E-state index in [0.29, 0.717) is 34.5 Å². The molecule has 102 valence electrons. The number of fused-ring (bicyclic) bond motifs is 2. The Bertz CT molecular complexity index is 658. The van der Waals surface area contributed by atoms with E-state index >= 15 is 0 Å².